The second-order valence-corrected chi connectivity index (χ2v) is 3.10. The van der Waals surface area contributed by atoms with Crippen molar-refractivity contribution in [3.05, 3.63) is 16.5 Å². The number of aryl methyl sites for hydroxylation is 1. The summed E-state index contributed by atoms with van der Waals surface area (Å²) >= 11 is 5.69. The van der Waals surface area contributed by atoms with E-state index in [4.69, 9.17) is 28.5 Å². The lowest BCUT2D eigenvalue weighted by molar-refractivity contribution is -0.119. The normalized spacial score (nSPS) is 9.73. The van der Waals surface area contributed by atoms with Crippen LogP contribution in [0.2, 0.25) is 5.15 Å². The van der Waals surface area contributed by atoms with E-state index >= 15 is 0 Å². The molecular weight excluding hydrogens is 220 g/mol. The van der Waals surface area contributed by atoms with E-state index in [9.17, 15) is 4.79 Å². The van der Waals surface area contributed by atoms with Gasteiger partial charge in [0.05, 0.1) is 5.69 Å². The second-order valence-electron chi connectivity index (χ2n) is 2.74. The number of carbonyl (C=O) groups excluding carboxylic acids is 1. The van der Waals surface area contributed by atoms with Crippen molar-refractivity contribution in [1.82, 2.24) is 15.3 Å². The first kappa shape index (κ1) is 11.2. The largest absolute Gasteiger partial charge is 0.382 e. The number of guanidine groups is 1. The summed E-state index contributed by atoms with van der Waals surface area (Å²) < 4.78 is 0. The maximum absolute atomic E-state index is 11.4. The Bertz CT molecular complexity index is 432. The molecule has 0 fully saturated rings. The number of nitrogens with one attached hydrogen (secondary N) is 1. The molecule has 0 aliphatic heterocycles. The highest BCUT2D eigenvalue weighted by molar-refractivity contribution is 6.30. The van der Waals surface area contributed by atoms with E-state index in [0.717, 1.165) is 0 Å². The quantitative estimate of drug-likeness (QED) is 0.321. The van der Waals surface area contributed by atoms with Crippen LogP contribution in [0.25, 0.3) is 0 Å². The van der Waals surface area contributed by atoms with Gasteiger partial charge >= 0.3 is 11.9 Å². The third-order valence-electron chi connectivity index (χ3n) is 1.51. The van der Waals surface area contributed by atoms with Crippen molar-refractivity contribution in [2.45, 2.75) is 6.92 Å². The van der Waals surface area contributed by atoms with Gasteiger partial charge in [0.1, 0.15) is 0 Å². The highest BCUT2D eigenvalue weighted by Crippen LogP contribution is 2.14. The number of halogens is 1. The molecule has 0 bridgehead atoms. The van der Waals surface area contributed by atoms with Crippen molar-refractivity contribution in [1.29, 1.82) is 0 Å². The number of rotatable bonds is 1. The van der Waals surface area contributed by atoms with Crippen LogP contribution in [0.4, 0.5) is 5.82 Å². The number of aromatic nitrogens is 2. The van der Waals surface area contributed by atoms with Gasteiger partial charge in [0, 0.05) is 0 Å². The average Bonchev–Trinajstić information content (AvgIpc) is 2.09. The van der Waals surface area contributed by atoms with Gasteiger partial charge in [0.25, 0.3) is 0 Å². The van der Waals surface area contributed by atoms with Gasteiger partial charge in [-0.05, 0) is 6.92 Å². The van der Waals surface area contributed by atoms with Gasteiger partial charge < -0.3 is 5.73 Å². The van der Waals surface area contributed by atoms with Crippen LogP contribution >= 0.6 is 11.6 Å². The van der Waals surface area contributed by atoms with E-state index in [-0.39, 0.29) is 22.6 Å². The minimum absolute atomic E-state index is 0.0318. The third kappa shape index (κ3) is 2.53. The molecule has 0 spiro atoms. The van der Waals surface area contributed by atoms with Gasteiger partial charge in [-0.25, -0.2) is 20.1 Å². The first-order valence-corrected chi connectivity index (χ1v) is 4.28. The van der Waals surface area contributed by atoms with Crippen LogP contribution in [0.5, 0.6) is 0 Å². The van der Waals surface area contributed by atoms with Crippen molar-refractivity contribution < 1.29 is 10.2 Å². The monoisotopic (exact) mass is 229 g/mol. The Hall–Kier alpha value is -1.89. The minimum Gasteiger partial charge on any atom is -0.382 e. The summed E-state index contributed by atoms with van der Waals surface area (Å²) in [5.74, 6) is -0.935. The zero-order chi connectivity index (χ0) is 11.6. The standard InChI is InChI=1S/C7H9ClN6O/c1-2-4(8)13-3(5(9)12-2)6(15)14-7(10)11/h1H3,(H2,9,12)(H4,10,11,14,15)/p+1. The van der Waals surface area contributed by atoms with E-state index in [1.54, 1.807) is 6.92 Å². The van der Waals surface area contributed by atoms with Crippen LogP contribution in [0.3, 0.4) is 0 Å². The summed E-state index contributed by atoms with van der Waals surface area (Å²) in [4.78, 5) is 19.0. The van der Waals surface area contributed by atoms with E-state index in [0.29, 0.717) is 5.69 Å². The second kappa shape index (κ2) is 4.09. The molecule has 15 heavy (non-hydrogen) atoms. The van der Waals surface area contributed by atoms with Crippen LogP contribution < -0.4 is 22.2 Å². The Kier molecular flexibility index (Phi) is 3.05. The van der Waals surface area contributed by atoms with Gasteiger partial charge in [-0.2, -0.15) is 0 Å². The summed E-state index contributed by atoms with van der Waals surface area (Å²) in [5.41, 5.74) is 10.9. The molecular formula is C7H10ClN6O+. The molecule has 0 saturated heterocycles. The van der Waals surface area contributed by atoms with Crippen LogP contribution in [-0.2, 0) is 0 Å². The van der Waals surface area contributed by atoms with E-state index < -0.39 is 5.91 Å². The minimum atomic E-state index is -0.651. The summed E-state index contributed by atoms with van der Waals surface area (Å²) in [6.45, 7) is 1.62. The molecule has 7 N–H and O–H groups in total. The fraction of sp³-hybridized carbons (Fsp3) is 0.143. The first-order valence-electron chi connectivity index (χ1n) is 3.90. The van der Waals surface area contributed by atoms with Gasteiger partial charge in [0.2, 0.25) is 0 Å². The number of nitrogens with zero attached hydrogens (tertiary/aromatic N) is 2. The van der Waals surface area contributed by atoms with Crippen LogP contribution in [0.15, 0.2) is 0 Å². The fourth-order valence-corrected chi connectivity index (χ4v) is 1.00. The van der Waals surface area contributed by atoms with Crippen LogP contribution in [-0.4, -0.2) is 21.8 Å². The number of hydrogen-bond acceptors (Lipinski definition) is 4. The number of anilines is 1. The zero-order valence-electron chi connectivity index (χ0n) is 7.91. The molecule has 8 heteroatoms. The van der Waals surface area contributed by atoms with Crippen molar-refractivity contribution in [3.63, 3.8) is 0 Å². The van der Waals surface area contributed by atoms with Crippen molar-refractivity contribution in [2.24, 2.45) is 5.73 Å². The number of amides is 1. The Balaban J connectivity index is 3.09. The number of nitrogen functional groups attached to an aromatic ring is 1. The molecule has 7 nitrogen and oxygen atoms in total. The summed E-state index contributed by atoms with van der Waals surface area (Å²) in [6, 6.07) is 0. The molecule has 0 unspecified atom stereocenters. The maximum atomic E-state index is 11.4. The predicted molar refractivity (Wildman–Crippen MR) is 54.8 cm³/mol. The van der Waals surface area contributed by atoms with E-state index in [2.05, 4.69) is 15.3 Å². The van der Waals surface area contributed by atoms with Gasteiger partial charge in [-0.3, -0.25) is 11.1 Å². The molecule has 0 saturated carbocycles. The highest BCUT2D eigenvalue weighted by atomic mass is 35.5. The summed E-state index contributed by atoms with van der Waals surface area (Å²) in [6.07, 6.45) is 0. The molecule has 1 rings (SSSR count). The lowest BCUT2D eigenvalue weighted by Crippen LogP contribution is -2.56. The van der Waals surface area contributed by atoms with Crippen LogP contribution in [0.1, 0.15) is 16.2 Å². The molecule has 0 radical (unpaired) electrons. The summed E-state index contributed by atoms with van der Waals surface area (Å²) in [7, 11) is 0. The average molecular weight is 230 g/mol. The van der Waals surface area contributed by atoms with Gasteiger partial charge in [-0.15, -0.1) is 0 Å². The van der Waals surface area contributed by atoms with E-state index in [1.807, 2.05) is 0 Å². The molecule has 1 amide bonds. The highest BCUT2D eigenvalue weighted by Gasteiger charge is 2.18. The molecule has 1 heterocycles. The number of hydrogen-bond donors (Lipinski definition) is 4. The Morgan fingerprint density at radius 1 is 1.53 bits per heavy atom. The molecule has 80 valence electrons. The predicted octanol–water partition coefficient (Wildman–Crippen LogP) is -2.18. The summed E-state index contributed by atoms with van der Waals surface area (Å²) in [5, 5.41) is 7.33. The van der Waals surface area contributed by atoms with Crippen LogP contribution in [0, 0.1) is 6.92 Å². The number of nitrogens with two attached hydrogens (primary N) is 3. The molecule has 0 aliphatic rings. The van der Waals surface area contributed by atoms with Crippen molar-refractivity contribution in [2.75, 3.05) is 5.73 Å². The lowest BCUT2D eigenvalue weighted by Gasteiger charge is -2.03. The van der Waals surface area contributed by atoms with Gasteiger partial charge in [-0.1, -0.05) is 11.6 Å². The third-order valence-corrected chi connectivity index (χ3v) is 1.87. The smallest absolute Gasteiger partial charge is 0.346 e. The molecule has 1 aromatic rings. The SMILES string of the molecule is Cc1nc(N)c(C(=O)NC(N)=[NH2+])nc1Cl. The molecule has 0 aromatic carbocycles. The molecule has 0 atom stereocenters. The topological polar surface area (TPSA) is 133 Å². The first-order chi connectivity index (χ1) is 6.91. The van der Waals surface area contributed by atoms with Crippen molar-refractivity contribution >= 4 is 29.3 Å². The number of carbonyl (C=O) groups is 1. The van der Waals surface area contributed by atoms with E-state index in [1.165, 1.54) is 0 Å². The lowest BCUT2D eigenvalue weighted by atomic mass is 10.3. The Morgan fingerprint density at radius 2 is 2.13 bits per heavy atom. The zero-order valence-corrected chi connectivity index (χ0v) is 8.67. The Morgan fingerprint density at radius 3 is 2.67 bits per heavy atom. The molecule has 0 aliphatic carbocycles. The van der Waals surface area contributed by atoms with Crippen molar-refractivity contribution in [3.8, 4) is 0 Å². The molecule has 1 aromatic heterocycles. The van der Waals surface area contributed by atoms with Gasteiger partial charge in [0.15, 0.2) is 16.7 Å². The maximum Gasteiger partial charge on any atom is 0.346 e. The Labute approximate surface area is 90.3 Å². The fourth-order valence-electron chi connectivity index (χ4n) is 0.873.